The van der Waals surface area contributed by atoms with E-state index in [1.807, 2.05) is 78.9 Å². The van der Waals surface area contributed by atoms with Gasteiger partial charge in [-0.3, -0.25) is 0 Å². The highest BCUT2D eigenvalue weighted by molar-refractivity contribution is 6.15. The maximum Gasteiger partial charge on any atom is 0.164 e. The van der Waals surface area contributed by atoms with Crippen LogP contribution in [0.25, 0.3) is 95.8 Å². The van der Waals surface area contributed by atoms with Crippen LogP contribution in [0.1, 0.15) is 45.2 Å². The number of para-hydroxylation sites is 2. The summed E-state index contributed by atoms with van der Waals surface area (Å²) >= 11 is 0. The van der Waals surface area contributed by atoms with Gasteiger partial charge in [-0.05, 0) is 69.8 Å². The van der Waals surface area contributed by atoms with Gasteiger partial charge in [0.2, 0.25) is 0 Å². The van der Waals surface area contributed by atoms with Crippen LogP contribution in [0.4, 0.5) is 0 Å². The van der Waals surface area contributed by atoms with Crippen molar-refractivity contribution in [3.8, 4) is 74.0 Å². The van der Waals surface area contributed by atoms with Crippen LogP contribution in [0, 0.1) is 0 Å². The molecule has 0 aliphatic heterocycles. The standard InChI is InChI=1S/C62H39N7/c1-5-18-38(19-6-1)57-63-58(39-20-7-2-8-21-39)65-60(64-57)41-32-34-46-50(36-41)54-44-26-13-14-27-45(44)55(46)51-37-42(33-35-47(51)54)61-66-59(40-22-9-3-10-23-40)67-62(68-61)49-29-17-31-53-56(49)48-28-15-16-30-52(48)69(53)43-24-11-4-12-25-43/h1-37,54-55H. The predicted octanol–water partition coefficient (Wildman–Crippen LogP) is 14.1. The molecule has 12 aromatic rings. The fourth-order valence-corrected chi connectivity index (χ4v) is 10.8. The maximum atomic E-state index is 5.39. The van der Waals surface area contributed by atoms with E-state index in [9.17, 15) is 0 Å². The number of nitrogens with zero attached hydrogens (tertiary/aromatic N) is 7. The van der Waals surface area contributed by atoms with Crippen molar-refractivity contribution in [1.82, 2.24) is 34.5 Å². The molecule has 2 atom stereocenters. The van der Waals surface area contributed by atoms with E-state index in [2.05, 4.69) is 150 Å². The lowest BCUT2D eigenvalue weighted by Gasteiger charge is -2.42. The highest BCUT2D eigenvalue weighted by Gasteiger charge is 2.41. The molecule has 0 saturated carbocycles. The van der Waals surface area contributed by atoms with Crippen molar-refractivity contribution in [3.05, 3.63) is 258 Å². The third kappa shape index (κ3) is 6.35. The average molecular weight is 882 g/mol. The molecule has 0 amide bonds. The summed E-state index contributed by atoms with van der Waals surface area (Å²) in [5.74, 6) is 3.87. The predicted molar refractivity (Wildman–Crippen MR) is 275 cm³/mol. The summed E-state index contributed by atoms with van der Waals surface area (Å²) in [6.07, 6.45) is 0. The largest absolute Gasteiger partial charge is 0.309 e. The van der Waals surface area contributed by atoms with E-state index in [4.69, 9.17) is 29.9 Å². The lowest BCUT2D eigenvalue weighted by atomic mass is 9.61. The van der Waals surface area contributed by atoms with E-state index in [0.29, 0.717) is 34.9 Å². The van der Waals surface area contributed by atoms with Gasteiger partial charge < -0.3 is 4.57 Å². The second-order valence-electron chi connectivity index (χ2n) is 17.8. The number of hydrogen-bond donors (Lipinski definition) is 0. The molecule has 7 nitrogen and oxygen atoms in total. The zero-order valence-corrected chi connectivity index (χ0v) is 37.1. The van der Waals surface area contributed by atoms with E-state index in [1.165, 1.54) is 33.4 Å². The molecule has 0 radical (unpaired) electrons. The minimum absolute atomic E-state index is 0.0103. The zero-order chi connectivity index (χ0) is 45.4. The third-order valence-electron chi connectivity index (χ3n) is 13.9. The number of hydrogen-bond acceptors (Lipinski definition) is 6. The average Bonchev–Trinajstić information content (AvgIpc) is 3.78. The molecule has 0 fully saturated rings. The Labute approximate surface area is 398 Å². The molecule has 7 heteroatoms. The van der Waals surface area contributed by atoms with Gasteiger partial charge >= 0.3 is 0 Å². The normalized spacial score (nSPS) is 14.4. The summed E-state index contributed by atoms with van der Waals surface area (Å²) in [7, 11) is 0. The molecule has 322 valence electrons. The van der Waals surface area contributed by atoms with Crippen LogP contribution in [0.2, 0.25) is 0 Å². The fourth-order valence-electron chi connectivity index (χ4n) is 10.8. The number of fused-ring (bicyclic) bond motifs is 3. The Hall–Kier alpha value is -9.20. The molecule has 3 aromatic heterocycles. The second kappa shape index (κ2) is 15.7. The van der Waals surface area contributed by atoms with Gasteiger partial charge in [-0.25, -0.2) is 29.9 Å². The van der Waals surface area contributed by atoms with Crippen molar-refractivity contribution >= 4 is 21.8 Å². The summed E-state index contributed by atoms with van der Waals surface area (Å²) in [5.41, 5.74) is 16.8. The highest BCUT2D eigenvalue weighted by atomic mass is 15.0. The van der Waals surface area contributed by atoms with Crippen LogP contribution in [0.15, 0.2) is 224 Å². The van der Waals surface area contributed by atoms with E-state index in [1.54, 1.807) is 0 Å². The topological polar surface area (TPSA) is 82.3 Å². The summed E-state index contributed by atoms with van der Waals surface area (Å²) in [6.45, 7) is 0. The smallest absolute Gasteiger partial charge is 0.164 e. The van der Waals surface area contributed by atoms with E-state index < -0.39 is 0 Å². The molecule has 3 aliphatic rings. The first-order chi connectivity index (χ1) is 34.2. The molecule has 2 unspecified atom stereocenters. The molecule has 3 aliphatic carbocycles. The van der Waals surface area contributed by atoms with Crippen LogP contribution in [0.5, 0.6) is 0 Å². The van der Waals surface area contributed by atoms with Crippen molar-refractivity contribution in [3.63, 3.8) is 0 Å². The fraction of sp³-hybridized carbons (Fsp3) is 0.0323. The SMILES string of the molecule is c1ccc(-c2nc(-c3ccccc3)nc(-c3ccc4c(c3)C3c5ccccc5C4c4cc(-c5nc(-c6ccccc6)nc(-c6cccc7c6c6ccccc6n7-c6ccccc6)n5)ccc43)n2)cc1. The molecule has 0 saturated heterocycles. The van der Waals surface area contributed by atoms with Crippen molar-refractivity contribution in [1.29, 1.82) is 0 Å². The Morgan fingerprint density at radius 2 is 0.667 bits per heavy atom. The summed E-state index contributed by atoms with van der Waals surface area (Å²) in [6, 6.07) is 78.7. The Balaban J connectivity index is 0.919. The lowest BCUT2D eigenvalue weighted by molar-refractivity contribution is 0.754. The molecule has 15 rings (SSSR count). The Bertz CT molecular complexity index is 3910. The van der Waals surface area contributed by atoms with Crippen molar-refractivity contribution in [2.45, 2.75) is 11.8 Å². The van der Waals surface area contributed by atoms with Gasteiger partial charge in [-0.15, -0.1) is 0 Å². The molecule has 9 aromatic carbocycles. The summed E-state index contributed by atoms with van der Waals surface area (Å²) in [4.78, 5) is 31.1. The van der Waals surface area contributed by atoms with Crippen molar-refractivity contribution in [2.24, 2.45) is 0 Å². The molecule has 69 heavy (non-hydrogen) atoms. The number of aromatic nitrogens is 7. The minimum atomic E-state index is 0.0103. The molecule has 3 heterocycles. The van der Waals surface area contributed by atoms with Crippen LogP contribution >= 0.6 is 0 Å². The van der Waals surface area contributed by atoms with Gasteiger partial charge in [0.05, 0.1) is 11.0 Å². The van der Waals surface area contributed by atoms with Crippen LogP contribution in [-0.2, 0) is 0 Å². The van der Waals surface area contributed by atoms with E-state index in [0.717, 1.165) is 60.9 Å². The van der Waals surface area contributed by atoms with E-state index in [-0.39, 0.29) is 11.8 Å². The maximum absolute atomic E-state index is 5.39. The van der Waals surface area contributed by atoms with Crippen LogP contribution in [-0.4, -0.2) is 34.5 Å². The molecular weight excluding hydrogens is 843 g/mol. The van der Waals surface area contributed by atoms with Gasteiger partial charge in [0.1, 0.15) is 0 Å². The van der Waals surface area contributed by atoms with Gasteiger partial charge in [-0.1, -0.05) is 188 Å². The number of benzene rings is 9. The quantitative estimate of drug-likeness (QED) is 0.159. The second-order valence-corrected chi connectivity index (χ2v) is 17.8. The van der Waals surface area contributed by atoms with E-state index >= 15 is 0 Å². The molecule has 0 spiro atoms. The number of rotatable bonds is 7. The first-order valence-corrected chi connectivity index (χ1v) is 23.4. The summed E-state index contributed by atoms with van der Waals surface area (Å²) < 4.78 is 2.33. The first kappa shape index (κ1) is 39.0. The lowest BCUT2D eigenvalue weighted by Crippen LogP contribution is -2.27. The Morgan fingerprint density at radius 1 is 0.275 bits per heavy atom. The Morgan fingerprint density at radius 3 is 1.17 bits per heavy atom. The zero-order valence-electron chi connectivity index (χ0n) is 37.1. The van der Waals surface area contributed by atoms with Crippen molar-refractivity contribution in [2.75, 3.05) is 0 Å². The summed E-state index contributed by atoms with van der Waals surface area (Å²) in [5, 5.41) is 2.25. The monoisotopic (exact) mass is 881 g/mol. The van der Waals surface area contributed by atoms with Gasteiger partial charge in [0, 0.05) is 61.7 Å². The molecule has 2 bridgehead atoms. The first-order valence-electron chi connectivity index (χ1n) is 23.4. The third-order valence-corrected chi connectivity index (χ3v) is 13.9. The minimum Gasteiger partial charge on any atom is -0.309 e. The Kier molecular flexibility index (Phi) is 8.89. The van der Waals surface area contributed by atoms with Gasteiger partial charge in [0.25, 0.3) is 0 Å². The van der Waals surface area contributed by atoms with Crippen LogP contribution < -0.4 is 0 Å². The van der Waals surface area contributed by atoms with Crippen LogP contribution in [0.3, 0.4) is 0 Å². The highest BCUT2D eigenvalue weighted by Crippen LogP contribution is 2.56. The van der Waals surface area contributed by atoms with Gasteiger partial charge in [-0.2, -0.15) is 0 Å². The molecule has 0 N–H and O–H groups in total. The molecular formula is C62H39N7. The van der Waals surface area contributed by atoms with Gasteiger partial charge in [0.15, 0.2) is 34.9 Å². The van der Waals surface area contributed by atoms with Crippen molar-refractivity contribution < 1.29 is 0 Å².